The monoisotopic (exact) mass is 303 g/mol. The third-order valence-electron chi connectivity index (χ3n) is 7.54. The molecular formula is C19H29NO2. The quantitative estimate of drug-likeness (QED) is 0.602. The summed E-state index contributed by atoms with van der Waals surface area (Å²) in [6.45, 7) is 4.57. The van der Waals surface area contributed by atoms with Crippen LogP contribution in [0.1, 0.15) is 52.4 Å². The molecule has 122 valence electrons. The van der Waals surface area contributed by atoms with E-state index in [9.17, 15) is 10.2 Å². The van der Waals surface area contributed by atoms with Crippen LogP contribution in [-0.2, 0) is 0 Å². The molecule has 0 heterocycles. The molecule has 4 rings (SSSR count). The van der Waals surface area contributed by atoms with Gasteiger partial charge in [-0.2, -0.15) is 0 Å². The molecule has 4 aliphatic rings. The molecule has 0 unspecified atom stereocenters. The SMILES string of the molecule is C[C@]12CCC3=C([C@@H](O)C[C@@H]4C[C@@H](N)C=C[C@]34C)[C@@H]1CC[C@@H]2O. The average molecular weight is 303 g/mol. The van der Waals surface area contributed by atoms with Gasteiger partial charge in [0.2, 0.25) is 0 Å². The second-order valence-corrected chi connectivity index (χ2v) is 8.58. The van der Waals surface area contributed by atoms with E-state index in [2.05, 4.69) is 26.0 Å². The van der Waals surface area contributed by atoms with Gasteiger partial charge in [0.15, 0.2) is 0 Å². The highest BCUT2D eigenvalue weighted by Gasteiger charge is 2.56. The number of hydrogen-bond acceptors (Lipinski definition) is 3. The lowest BCUT2D eigenvalue weighted by molar-refractivity contribution is 0.0115. The van der Waals surface area contributed by atoms with Crippen molar-refractivity contribution in [2.24, 2.45) is 28.4 Å². The van der Waals surface area contributed by atoms with E-state index in [4.69, 9.17) is 5.73 Å². The van der Waals surface area contributed by atoms with Crippen molar-refractivity contribution in [2.75, 3.05) is 0 Å². The van der Waals surface area contributed by atoms with Crippen LogP contribution >= 0.6 is 0 Å². The van der Waals surface area contributed by atoms with E-state index in [1.165, 1.54) is 11.1 Å². The van der Waals surface area contributed by atoms with Crippen molar-refractivity contribution < 1.29 is 10.2 Å². The Morgan fingerprint density at radius 2 is 1.95 bits per heavy atom. The summed E-state index contributed by atoms with van der Waals surface area (Å²) in [6, 6.07) is 0.134. The summed E-state index contributed by atoms with van der Waals surface area (Å²) in [6.07, 6.45) is 9.72. The molecule has 0 aliphatic heterocycles. The van der Waals surface area contributed by atoms with Crippen LogP contribution in [-0.4, -0.2) is 28.5 Å². The Hall–Kier alpha value is -0.640. The first-order valence-electron chi connectivity index (χ1n) is 8.91. The molecule has 1 fully saturated rings. The number of allylic oxidation sites excluding steroid dienone is 2. The van der Waals surface area contributed by atoms with Gasteiger partial charge < -0.3 is 15.9 Å². The third-order valence-corrected chi connectivity index (χ3v) is 7.54. The molecule has 7 atom stereocenters. The van der Waals surface area contributed by atoms with Crippen LogP contribution in [0.5, 0.6) is 0 Å². The molecule has 0 aromatic rings. The maximum atomic E-state index is 10.9. The lowest BCUT2D eigenvalue weighted by Crippen LogP contribution is -2.49. The first kappa shape index (κ1) is 14.9. The molecule has 3 nitrogen and oxygen atoms in total. The topological polar surface area (TPSA) is 66.5 Å². The zero-order valence-electron chi connectivity index (χ0n) is 13.8. The van der Waals surface area contributed by atoms with Crippen molar-refractivity contribution in [3.8, 4) is 0 Å². The highest BCUT2D eigenvalue weighted by molar-refractivity contribution is 5.40. The van der Waals surface area contributed by atoms with E-state index < -0.39 is 0 Å². The Kier molecular flexibility index (Phi) is 3.18. The summed E-state index contributed by atoms with van der Waals surface area (Å²) in [5, 5.41) is 21.3. The Morgan fingerprint density at radius 3 is 2.73 bits per heavy atom. The molecule has 0 saturated heterocycles. The van der Waals surface area contributed by atoms with E-state index >= 15 is 0 Å². The van der Waals surface area contributed by atoms with E-state index in [0.717, 1.165) is 38.5 Å². The van der Waals surface area contributed by atoms with E-state index in [1.54, 1.807) is 0 Å². The van der Waals surface area contributed by atoms with Gasteiger partial charge in [-0.15, -0.1) is 0 Å². The second kappa shape index (κ2) is 4.68. The molecule has 0 radical (unpaired) electrons. The fraction of sp³-hybridized carbons (Fsp3) is 0.789. The minimum Gasteiger partial charge on any atom is -0.393 e. The minimum absolute atomic E-state index is 0.0300. The number of aliphatic hydroxyl groups is 2. The average Bonchev–Trinajstić information content (AvgIpc) is 2.77. The Morgan fingerprint density at radius 1 is 1.18 bits per heavy atom. The molecule has 1 saturated carbocycles. The first-order chi connectivity index (χ1) is 10.4. The zero-order chi connectivity index (χ0) is 15.7. The van der Waals surface area contributed by atoms with Gasteiger partial charge in [-0.3, -0.25) is 0 Å². The molecule has 0 aromatic heterocycles. The minimum atomic E-state index is -0.332. The van der Waals surface area contributed by atoms with E-state index in [1.807, 2.05) is 0 Å². The van der Waals surface area contributed by atoms with Crippen LogP contribution in [0.25, 0.3) is 0 Å². The van der Waals surface area contributed by atoms with E-state index in [0.29, 0.717) is 11.8 Å². The smallest absolute Gasteiger partial charge is 0.0759 e. The highest BCUT2D eigenvalue weighted by atomic mass is 16.3. The molecule has 4 N–H and O–H groups in total. The molecule has 0 spiro atoms. The second-order valence-electron chi connectivity index (χ2n) is 8.58. The molecule has 3 heteroatoms. The summed E-state index contributed by atoms with van der Waals surface area (Å²) >= 11 is 0. The molecule has 4 aliphatic carbocycles. The zero-order valence-corrected chi connectivity index (χ0v) is 13.8. The Balaban J connectivity index is 1.83. The molecule has 0 aromatic carbocycles. The number of hydrogen-bond donors (Lipinski definition) is 3. The van der Waals surface area contributed by atoms with Gasteiger partial charge in [-0.1, -0.05) is 31.6 Å². The van der Waals surface area contributed by atoms with Gasteiger partial charge in [0.05, 0.1) is 12.2 Å². The van der Waals surface area contributed by atoms with Crippen LogP contribution in [0.3, 0.4) is 0 Å². The lowest BCUT2D eigenvalue weighted by Gasteiger charge is -2.53. The first-order valence-corrected chi connectivity index (χ1v) is 8.91. The largest absolute Gasteiger partial charge is 0.393 e. The van der Waals surface area contributed by atoms with Crippen molar-refractivity contribution in [2.45, 2.75) is 70.6 Å². The van der Waals surface area contributed by atoms with Gasteiger partial charge in [0.1, 0.15) is 0 Å². The van der Waals surface area contributed by atoms with Crippen LogP contribution in [0.15, 0.2) is 23.3 Å². The third kappa shape index (κ3) is 1.79. The number of aliphatic hydroxyl groups excluding tert-OH is 2. The van der Waals surface area contributed by atoms with Crippen molar-refractivity contribution >= 4 is 0 Å². The maximum Gasteiger partial charge on any atom is 0.0759 e. The van der Waals surface area contributed by atoms with Crippen molar-refractivity contribution in [1.29, 1.82) is 0 Å². The van der Waals surface area contributed by atoms with Crippen molar-refractivity contribution in [3.63, 3.8) is 0 Å². The van der Waals surface area contributed by atoms with Crippen LogP contribution < -0.4 is 5.73 Å². The number of rotatable bonds is 0. The maximum absolute atomic E-state index is 10.9. The van der Waals surface area contributed by atoms with Crippen molar-refractivity contribution in [3.05, 3.63) is 23.3 Å². The number of fused-ring (bicyclic) bond motifs is 4. The lowest BCUT2D eigenvalue weighted by atomic mass is 9.52. The normalized spacial score (nSPS) is 54.0. The van der Waals surface area contributed by atoms with Crippen LogP contribution in [0, 0.1) is 22.7 Å². The Bertz CT molecular complexity index is 554. The van der Waals surface area contributed by atoms with Gasteiger partial charge in [0.25, 0.3) is 0 Å². The molecule has 0 amide bonds. The van der Waals surface area contributed by atoms with Gasteiger partial charge >= 0.3 is 0 Å². The predicted molar refractivity (Wildman–Crippen MR) is 87.1 cm³/mol. The van der Waals surface area contributed by atoms with E-state index in [-0.39, 0.29) is 29.1 Å². The van der Waals surface area contributed by atoms with Gasteiger partial charge in [0, 0.05) is 16.9 Å². The molecule has 22 heavy (non-hydrogen) atoms. The summed E-state index contributed by atoms with van der Waals surface area (Å²) in [5.74, 6) is 0.819. The van der Waals surface area contributed by atoms with Gasteiger partial charge in [-0.05, 0) is 55.9 Å². The molecular weight excluding hydrogens is 274 g/mol. The van der Waals surface area contributed by atoms with Gasteiger partial charge in [-0.25, -0.2) is 0 Å². The summed E-state index contributed by atoms with van der Waals surface area (Å²) in [5.41, 5.74) is 8.91. The summed E-state index contributed by atoms with van der Waals surface area (Å²) in [4.78, 5) is 0. The molecule has 0 bridgehead atoms. The fourth-order valence-corrected chi connectivity index (χ4v) is 6.03. The summed E-state index contributed by atoms with van der Waals surface area (Å²) in [7, 11) is 0. The highest BCUT2D eigenvalue weighted by Crippen LogP contribution is 2.62. The van der Waals surface area contributed by atoms with Crippen molar-refractivity contribution in [1.82, 2.24) is 0 Å². The predicted octanol–water partition coefficient (Wildman–Crippen LogP) is 2.53. The van der Waals surface area contributed by atoms with Crippen LogP contribution in [0.4, 0.5) is 0 Å². The Labute approximate surface area is 133 Å². The van der Waals surface area contributed by atoms with Crippen LogP contribution in [0.2, 0.25) is 0 Å². The summed E-state index contributed by atoms with van der Waals surface area (Å²) < 4.78 is 0. The fourth-order valence-electron chi connectivity index (χ4n) is 6.03. The number of nitrogens with two attached hydrogens (primary N) is 1. The standard InChI is InChI=1S/C19H29NO2/c1-18-7-5-12(20)9-11(18)10-15(21)17-13-3-4-16(22)19(13,2)8-6-14(17)18/h5,7,11-13,15-16,21-22H,3-4,6,8-10,20H2,1-2H3/t11-,12-,13-,15-,16-,18-,19-/m0/s1.